The first-order chi connectivity index (χ1) is 8.49. The molecule has 0 fully saturated rings. The second-order valence-corrected chi connectivity index (χ2v) is 5.96. The molecular formula is C12H12BrN3OS. The minimum atomic E-state index is -0.102. The molecular weight excluding hydrogens is 314 g/mol. The fourth-order valence-electron chi connectivity index (χ4n) is 1.57. The van der Waals surface area contributed by atoms with E-state index in [-0.39, 0.29) is 5.91 Å². The highest BCUT2D eigenvalue weighted by Crippen LogP contribution is 2.27. The van der Waals surface area contributed by atoms with E-state index in [9.17, 15) is 4.79 Å². The number of rotatable bonds is 2. The van der Waals surface area contributed by atoms with Crippen molar-refractivity contribution in [2.45, 2.75) is 6.92 Å². The first-order valence-electron chi connectivity index (χ1n) is 5.24. The minimum Gasteiger partial charge on any atom is -0.397 e. The highest BCUT2D eigenvalue weighted by atomic mass is 79.9. The van der Waals surface area contributed by atoms with Crippen LogP contribution in [0.15, 0.2) is 28.9 Å². The highest BCUT2D eigenvalue weighted by molar-refractivity contribution is 9.10. The van der Waals surface area contributed by atoms with E-state index < -0.39 is 0 Å². The number of nitrogen functional groups attached to an aromatic ring is 1. The van der Waals surface area contributed by atoms with Crippen LogP contribution in [0.3, 0.4) is 0 Å². The van der Waals surface area contributed by atoms with Crippen molar-refractivity contribution in [1.82, 2.24) is 4.98 Å². The lowest BCUT2D eigenvalue weighted by Crippen LogP contribution is -2.26. The maximum Gasteiger partial charge on any atom is 0.269 e. The molecule has 0 spiro atoms. The summed E-state index contributed by atoms with van der Waals surface area (Å²) in [6, 6.07) is 5.44. The van der Waals surface area contributed by atoms with E-state index in [1.54, 1.807) is 19.3 Å². The van der Waals surface area contributed by atoms with E-state index in [2.05, 4.69) is 20.9 Å². The standard InChI is InChI=1S/C12H12BrN3OS/c1-7-15-6-11(18-7)12(17)16(2)10-4-3-8(13)5-9(10)14/h3-6H,14H2,1-2H3. The number of amides is 1. The Hall–Kier alpha value is -1.40. The molecule has 0 atom stereocenters. The van der Waals surface area contributed by atoms with Crippen LogP contribution in [0.1, 0.15) is 14.7 Å². The lowest BCUT2D eigenvalue weighted by atomic mass is 10.2. The summed E-state index contributed by atoms with van der Waals surface area (Å²) >= 11 is 4.71. The number of benzene rings is 1. The van der Waals surface area contributed by atoms with Gasteiger partial charge in [-0.05, 0) is 25.1 Å². The average Bonchev–Trinajstić information content (AvgIpc) is 2.74. The fraction of sp³-hybridized carbons (Fsp3) is 0.167. The average molecular weight is 326 g/mol. The quantitative estimate of drug-likeness (QED) is 0.863. The van der Waals surface area contributed by atoms with Crippen LogP contribution >= 0.6 is 27.3 Å². The van der Waals surface area contributed by atoms with E-state index in [1.807, 2.05) is 19.1 Å². The van der Waals surface area contributed by atoms with Crippen molar-refractivity contribution < 1.29 is 4.79 Å². The summed E-state index contributed by atoms with van der Waals surface area (Å²) < 4.78 is 0.887. The van der Waals surface area contributed by atoms with Crippen molar-refractivity contribution in [1.29, 1.82) is 0 Å². The Labute approximate surface area is 118 Å². The molecule has 1 aromatic carbocycles. The van der Waals surface area contributed by atoms with E-state index in [4.69, 9.17) is 5.73 Å². The maximum absolute atomic E-state index is 12.2. The van der Waals surface area contributed by atoms with Crippen molar-refractivity contribution in [2.75, 3.05) is 17.7 Å². The minimum absolute atomic E-state index is 0.102. The molecule has 0 unspecified atom stereocenters. The first kappa shape index (κ1) is 13.0. The maximum atomic E-state index is 12.2. The summed E-state index contributed by atoms with van der Waals surface area (Å²) in [5.41, 5.74) is 7.15. The van der Waals surface area contributed by atoms with E-state index in [0.717, 1.165) is 9.48 Å². The molecule has 1 heterocycles. The smallest absolute Gasteiger partial charge is 0.269 e. The number of carbonyl (C=O) groups is 1. The van der Waals surface area contributed by atoms with Gasteiger partial charge in [0.1, 0.15) is 4.88 Å². The highest BCUT2D eigenvalue weighted by Gasteiger charge is 2.17. The van der Waals surface area contributed by atoms with Crippen LogP contribution in [-0.2, 0) is 0 Å². The summed E-state index contributed by atoms with van der Waals surface area (Å²) in [4.78, 5) is 18.5. The van der Waals surface area contributed by atoms with Crippen LogP contribution < -0.4 is 10.6 Å². The third-order valence-corrected chi connectivity index (χ3v) is 3.88. The summed E-state index contributed by atoms with van der Waals surface area (Å²) in [7, 11) is 1.71. The Morgan fingerprint density at radius 3 is 2.78 bits per heavy atom. The fourth-order valence-corrected chi connectivity index (χ4v) is 2.70. The van der Waals surface area contributed by atoms with E-state index in [0.29, 0.717) is 16.3 Å². The lowest BCUT2D eigenvalue weighted by Gasteiger charge is -2.18. The number of anilines is 2. The molecule has 18 heavy (non-hydrogen) atoms. The molecule has 0 saturated heterocycles. The number of hydrogen-bond acceptors (Lipinski definition) is 4. The molecule has 2 rings (SSSR count). The SMILES string of the molecule is Cc1ncc(C(=O)N(C)c2ccc(Br)cc2N)s1. The van der Waals surface area contributed by atoms with Gasteiger partial charge in [0.05, 0.1) is 22.6 Å². The van der Waals surface area contributed by atoms with Crippen LogP contribution in [-0.4, -0.2) is 17.9 Å². The van der Waals surface area contributed by atoms with Crippen molar-refractivity contribution in [3.05, 3.63) is 38.8 Å². The van der Waals surface area contributed by atoms with Crippen LogP contribution in [0.25, 0.3) is 0 Å². The predicted octanol–water partition coefficient (Wildman–Crippen LogP) is 3.07. The Bertz CT molecular complexity index is 597. The van der Waals surface area contributed by atoms with Crippen LogP contribution in [0, 0.1) is 6.92 Å². The number of nitrogens with two attached hydrogens (primary N) is 1. The van der Waals surface area contributed by atoms with Gasteiger partial charge in [-0.2, -0.15) is 0 Å². The van der Waals surface area contributed by atoms with Crippen molar-refractivity contribution in [3.63, 3.8) is 0 Å². The number of aromatic nitrogens is 1. The number of aryl methyl sites for hydroxylation is 1. The molecule has 6 heteroatoms. The van der Waals surface area contributed by atoms with E-state index in [1.165, 1.54) is 16.2 Å². The molecule has 1 amide bonds. The Morgan fingerprint density at radius 2 is 2.22 bits per heavy atom. The van der Waals surface area contributed by atoms with Gasteiger partial charge >= 0.3 is 0 Å². The number of halogens is 1. The third kappa shape index (κ3) is 2.54. The second-order valence-electron chi connectivity index (χ2n) is 3.81. The van der Waals surface area contributed by atoms with Gasteiger partial charge in [0.2, 0.25) is 0 Å². The van der Waals surface area contributed by atoms with Gasteiger partial charge < -0.3 is 10.6 Å². The van der Waals surface area contributed by atoms with Gasteiger partial charge in [0.25, 0.3) is 5.91 Å². The number of nitrogens with zero attached hydrogens (tertiary/aromatic N) is 2. The molecule has 2 aromatic rings. The van der Waals surface area contributed by atoms with Gasteiger partial charge in [-0.15, -0.1) is 11.3 Å². The molecule has 0 aliphatic heterocycles. The molecule has 0 bridgehead atoms. The van der Waals surface area contributed by atoms with Gasteiger partial charge in [-0.1, -0.05) is 15.9 Å². The van der Waals surface area contributed by atoms with E-state index >= 15 is 0 Å². The van der Waals surface area contributed by atoms with Crippen LogP contribution in [0.5, 0.6) is 0 Å². The third-order valence-electron chi connectivity index (χ3n) is 2.49. The molecule has 0 aliphatic carbocycles. The molecule has 0 aliphatic rings. The predicted molar refractivity (Wildman–Crippen MR) is 78.1 cm³/mol. The van der Waals surface area contributed by atoms with Crippen molar-refractivity contribution >= 4 is 44.5 Å². The molecule has 94 valence electrons. The van der Waals surface area contributed by atoms with Crippen molar-refractivity contribution in [3.8, 4) is 0 Å². The monoisotopic (exact) mass is 325 g/mol. The van der Waals surface area contributed by atoms with Crippen LogP contribution in [0.2, 0.25) is 0 Å². The van der Waals surface area contributed by atoms with Gasteiger partial charge in [0.15, 0.2) is 0 Å². The number of carbonyl (C=O) groups excluding carboxylic acids is 1. The Morgan fingerprint density at radius 1 is 1.50 bits per heavy atom. The summed E-state index contributed by atoms with van der Waals surface area (Å²) in [5.74, 6) is -0.102. The van der Waals surface area contributed by atoms with Gasteiger partial charge in [-0.25, -0.2) is 4.98 Å². The largest absolute Gasteiger partial charge is 0.397 e. The summed E-state index contributed by atoms with van der Waals surface area (Å²) in [5, 5.41) is 0.871. The topological polar surface area (TPSA) is 59.2 Å². The number of thiazole rings is 1. The second kappa shape index (κ2) is 5.07. The lowest BCUT2D eigenvalue weighted by molar-refractivity contribution is 0.0996. The zero-order valence-electron chi connectivity index (χ0n) is 9.98. The first-order valence-corrected chi connectivity index (χ1v) is 6.85. The van der Waals surface area contributed by atoms with Crippen molar-refractivity contribution in [2.24, 2.45) is 0 Å². The number of hydrogen-bond donors (Lipinski definition) is 1. The molecule has 0 radical (unpaired) electrons. The normalized spacial score (nSPS) is 10.4. The molecule has 2 N–H and O–H groups in total. The van der Waals surface area contributed by atoms with Crippen LogP contribution in [0.4, 0.5) is 11.4 Å². The Kier molecular flexibility index (Phi) is 3.68. The zero-order chi connectivity index (χ0) is 13.3. The Balaban J connectivity index is 2.31. The zero-order valence-corrected chi connectivity index (χ0v) is 12.4. The molecule has 4 nitrogen and oxygen atoms in total. The summed E-state index contributed by atoms with van der Waals surface area (Å²) in [6.07, 6.45) is 1.59. The molecule has 1 aromatic heterocycles. The van der Waals surface area contributed by atoms with Gasteiger partial charge in [-0.3, -0.25) is 4.79 Å². The molecule has 0 saturated carbocycles. The summed E-state index contributed by atoms with van der Waals surface area (Å²) in [6.45, 7) is 1.87. The van der Waals surface area contributed by atoms with Gasteiger partial charge in [0, 0.05) is 11.5 Å².